The summed E-state index contributed by atoms with van der Waals surface area (Å²) in [6.07, 6.45) is 0.546. The predicted molar refractivity (Wildman–Crippen MR) is 133 cm³/mol. The highest BCUT2D eigenvalue weighted by Gasteiger charge is 2.28. The fraction of sp³-hybridized carbons (Fsp3) is 0.160. The molecule has 0 amide bonds. The van der Waals surface area contributed by atoms with Crippen LogP contribution in [-0.4, -0.2) is 34.2 Å². The third kappa shape index (κ3) is 5.49. The molecule has 0 bridgehead atoms. The van der Waals surface area contributed by atoms with Crippen LogP contribution in [-0.2, 0) is 16.3 Å². The molecule has 0 aliphatic rings. The Bertz CT molecular complexity index is 1420. The number of halogens is 2. The van der Waals surface area contributed by atoms with Crippen LogP contribution in [0.3, 0.4) is 0 Å². The molecule has 0 saturated carbocycles. The summed E-state index contributed by atoms with van der Waals surface area (Å²) in [5, 5.41) is 2.81. The van der Waals surface area contributed by atoms with Gasteiger partial charge in [-0.05, 0) is 72.6 Å². The van der Waals surface area contributed by atoms with Gasteiger partial charge in [-0.3, -0.25) is 0 Å². The van der Waals surface area contributed by atoms with Gasteiger partial charge in [-0.2, -0.15) is 4.98 Å². The van der Waals surface area contributed by atoms with E-state index in [1.54, 1.807) is 32.4 Å². The molecular weight excluding hydrogens is 539 g/mol. The second-order valence-corrected chi connectivity index (χ2v) is 10.3. The van der Waals surface area contributed by atoms with Crippen LogP contribution in [0, 0.1) is 5.82 Å². The average molecular weight is 561 g/mol. The van der Waals surface area contributed by atoms with Crippen LogP contribution in [0.2, 0.25) is 0 Å². The van der Waals surface area contributed by atoms with Gasteiger partial charge < -0.3 is 19.2 Å². The first-order chi connectivity index (χ1) is 16.8. The van der Waals surface area contributed by atoms with Gasteiger partial charge in [-0.25, -0.2) is 12.8 Å². The normalized spacial score (nSPS) is 11.3. The summed E-state index contributed by atoms with van der Waals surface area (Å²) in [4.78, 5) is 4.34. The van der Waals surface area contributed by atoms with Crippen LogP contribution in [0.1, 0.15) is 5.56 Å². The van der Waals surface area contributed by atoms with Crippen molar-refractivity contribution in [1.82, 2.24) is 4.98 Å². The SMILES string of the molecule is COc1ccc(CCNc2oc(-c3ccc(F)cc3)nc2S(=O)(=O)c2ccc(Br)cc2)cc1OC. The number of nitrogens with one attached hydrogen (secondary N) is 1. The lowest BCUT2D eigenvalue weighted by atomic mass is 10.1. The van der Waals surface area contributed by atoms with E-state index >= 15 is 0 Å². The van der Waals surface area contributed by atoms with Gasteiger partial charge in [-0.15, -0.1) is 0 Å². The highest BCUT2D eigenvalue weighted by molar-refractivity contribution is 9.10. The Labute approximate surface area is 211 Å². The molecule has 0 unspecified atom stereocenters. The third-order valence-corrected chi connectivity index (χ3v) is 7.42. The van der Waals surface area contributed by atoms with Gasteiger partial charge in [0.25, 0.3) is 0 Å². The topological polar surface area (TPSA) is 90.7 Å². The molecule has 1 aromatic heterocycles. The molecule has 10 heteroatoms. The lowest BCUT2D eigenvalue weighted by Crippen LogP contribution is -2.10. The molecule has 35 heavy (non-hydrogen) atoms. The molecule has 0 radical (unpaired) electrons. The fourth-order valence-electron chi connectivity index (χ4n) is 3.40. The molecule has 0 aliphatic heterocycles. The van der Waals surface area contributed by atoms with E-state index in [1.807, 2.05) is 12.1 Å². The number of nitrogens with zero attached hydrogens (tertiary/aromatic N) is 1. The number of sulfone groups is 1. The number of oxazole rings is 1. The van der Waals surface area contributed by atoms with Crippen LogP contribution >= 0.6 is 15.9 Å². The van der Waals surface area contributed by atoms with Crippen LogP contribution in [0.25, 0.3) is 11.5 Å². The van der Waals surface area contributed by atoms with E-state index in [2.05, 4.69) is 26.2 Å². The Morgan fingerprint density at radius 1 is 0.971 bits per heavy atom. The maximum absolute atomic E-state index is 13.4. The molecule has 4 aromatic rings. The maximum Gasteiger partial charge on any atom is 0.233 e. The number of aromatic nitrogens is 1. The number of ether oxygens (including phenoxy) is 2. The van der Waals surface area contributed by atoms with E-state index in [-0.39, 0.29) is 21.7 Å². The van der Waals surface area contributed by atoms with Crippen molar-refractivity contribution in [2.45, 2.75) is 16.3 Å². The molecule has 4 rings (SSSR count). The second kappa shape index (κ2) is 10.5. The Balaban J connectivity index is 1.64. The zero-order chi connectivity index (χ0) is 25.0. The lowest BCUT2D eigenvalue weighted by molar-refractivity contribution is 0.354. The first-order valence-corrected chi connectivity index (χ1v) is 12.8. The van der Waals surface area contributed by atoms with Crippen LogP contribution in [0.5, 0.6) is 11.5 Å². The van der Waals surface area contributed by atoms with Crippen molar-refractivity contribution in [3.8, 4) is 23.0 Å². The van der Waals surface area contributed by atoms with Gasteiger partial charge in [0, 0.05) is 16.6 Å². The number of benzene rings is 3. The standard InChI is InChI=1S/C25H22BrFN2O5S/c1-32-21-12-3-16(15-22(21)33-2)13-14-28-24-25(35(30,31)20-10-6-18(26)7-11-20)29-23(34-24)17-4-8-19(27)9-5-17/h3-12,15,28H,13-14H2,1-2H3. The molecule has 1 heterocycles. The van der Waals surface area contributed by atoms with Gasteiger partial charge >= 0.3 is 0 Å². The molecule has 0 aliphatic carbocycles. The van der Waals surface area contributed by atoms with Gasteiger partial charge in [0.05, 0.1) is 19.1 Å². The third-order valence-electron chi connectivity index (χ3n) is 5.21. The molecule has 0 fully saturated rings. The Morgan fingerprint density at radius 2 is 1.66 bits per heavy atom. The minimum atomic E-state index is -4.00. The Hall–Kier alpha value is -3.37. The van der Waals surface area contributed by atoms with E-state index < -0.39 is 15.7 Å². The Kier molecular flexibility index (Phi) is 7.42. The number of hydrogen-bond acceptors (Lipinski definition) is 7. The number of hydrogen-bond donors (Lipinski definition) is 1. The van der Waals surface area contributed by atoms with E-state index in [0.717, 1.165) is 10.0 Å². The van der Waals surface area contributed by atoms with E-state index in [1.165, 1.54) is 36.4 Å². The smallest absolute Gasteiger partial charge is 0.233 e. The average Bonchev–Trinajstić information content (AvgIpc) is 3.29. The second-order valence-electron chi connectivity index (χ2n) is 7.48. The zero-order valence-electron chi connectivity index (χ0n) is 18.9. The van der Waals surface area contributed by atoms with Crippen molar-refractivity contribution in [2.24, 2.45) is 0 Å². The lowest BCUT2D eigenvalue weighted by Gasteiger charge is -2.10. The monoisotopic (exact) mass is 560 g/mol. The number of methoxy groups -OCH3 is 2. The van der Waals surface area contributed by atoms with Crippen LogP contribution in [0.15, 0.2) is 85.5 Å². The molecule has 1 N–H and O–H groups in total. The fourth-order valence-corrected chi connectivity index (χ4v) is 4.94. The minimum absolute atomic E-state index is 0.00715. The van der Waals surface area contributed by atoms with Crippen molar-refractivity contribution < 1.29 is 26.7 Å². The largest absolute Gasteiger partial charge is 0.493 e. The van der Waals surface area contributed by atoms with Gasteiger partial charge in [0.2, 0.25) is 26.6 Å². The predicted octanol–water partition coefficient (Wildman–Crippen LogP) is 5.75. The van der Waals surface area contributed by atoms with Crippen molar-refractivity contribution in [1.29, 1.82) is 0 Å². The van der Waals surface area contributed by atoms with Crippen LogP contribution < -0.4 is 14.8 Å². The summed E-state index contributed by atoms with van der Waals surface area (Å²) < 4.78 is 57.3. The van der Waals surface area contributed by atoms with Crippen molar-refractivity contribution in [2.75, 3.05) is 26.1 Å². The van der Waals surface area contributed by atoms with Crippen molar-refractivity contribution >= 4 is 31.7 Å². The van der Waals surface area contributed by atoms with Crippen molar-refractivity contribution in [3.05, 3.63) is 82.6 Å². The van der Waals surface area contributed by atoms with Crippen LogP contribution in [0.4, 0.5) is 10.3 Å². The molecule has 0 saturated heterocycles. The molecule has 0 spiro atoms. The maximum atomic E-state index is 13.4. The molecule has 7 nitrogen and oxygen atoms in total. The first-order valence-electron chi connectivity index (χ1n) is 10.5. The van der Waals surface area contributed by atoms with E-state index in [4.69, 9.17) is 13.9 Å². The molecular formula is C25H22BrFN2O5S. The zero-order valence-corrected chi connectivity index (χ0v) is 21.3. The number of rotatable bonds is 9. The van der Waals surface area contributed by atoms with Crippen molar-refractivity contribution in [3.63, 3.8) is 0 Å². The number of anilines is 1. The summed E-state index contributed by atoms with van der Waals surface area (Å²) in [5.74, 6) is 0.867. The molecule has 0 atom stereocenters. The highest BCUT2D eigenvalue weighted by atomic mass is 79.9. The summed E-state index contributed by atoms with van der Waals surface area (Å²) >= 11 is 3.31. The summed E-state index contributed by atoms with van der Waals surface area (Å²) in [6, 6.07) is 17.3. The van der Waals surface area contributed by atoms with Gasteiger partial charge in [0.15, 0.2) is 11.5 Å². The van der Waals surface area contributed by atoms with Gasteiger partial charge in [0.1, 0.15) is 5.82 Å². The first kappa shape index (κ1) is 24.7. The highest BCUT2D eigenvalue weighted by Crippen LogP contribution is 2.33. The Morgan fingerprint density at radius 3 is 2.31 bits per heavy atom. The summed E-state index contributed by atoms with van der Waals surface area (Å²) in [7, 11) is -0.871. The van der Waals surface area contributed by atoms with Gasteiger partial charge in [-0.1, -0.05) is 22.0 Å². The summed E-state index contributed by atoms with van der Waals surface area (Å²) in [6.45, 7) is 0.358. The molecule has 182 valence electrons. The minimum Gasteiger partial charge on any atom is -0.493 e. The quantitative estimate of drug-likeness (QED) is 0.279. The van der Waals surface area contributed by atoms with E-state index in [9.17, 15) is 12.8 Å². The van der Waals surface area contributed by atoms with E-state index in [0.29, 0.717) is 30.0 Å². The molecule has 3 aromatic carbocycles. The summed E-state index contributed by atoms with van der Waals surface area (Å²) in [5.41, 5.74) is 1.40.